The number of amides is 2. The first-order chi connectivity index (χ1) is 13.0. The van der Waals surface area contributed by atoms with E-state index in [1.54, 1.807) is 28.9 Å². The maximum absolute atomic E-state index is 12.4. The van der Waals surface area contributed by atoms with Crippen molar-refractivity contribution in [2.75, 3.05) is 10.6 Å². The molecule has 3 aromatic rings. The molecule has 27 heavy (non-hydrogen) atoms. The van der Waals surface area contributed by atoms with Crippen molar-refractivity contribution in [3.63, 3.8) is 0 Å². The second-order valence-corrected chi connectivity index (χ2v) is 6.78. The minimum absolute atomic E-state index is 0.136. The summed E-state index contributed by atoms with van der Waals surface area (Å²) in [6.07, 6.45) is 0.226. The number of anilines is 2. The number of nitrogens with one attached hydrogen (secondary N) is 2. The van der Waals surface area contributed by atoms with Gasteiger partial charge in [-0.15, -0.1) is 5.10 Å². The van der Waals surface area contributed by atoms with Crippen LogP contribution in [-0.4, -0.2) is 26.6 Å². The minimum Gasteiger partial charge on any atom is -0.295 e. The van der Waals surface area contributed by atoms with E-state index in [1.165, 1.54) is 0 Å². The van der Waals surface area contributed by atoms with Crippen LogP contribution in [0.25, 0.3) is 0 Å². The van der Waals surface area contributed by atoms with E-state index in [4.69, 9.17) is 11.6 Å². The standard InChI is InChI=1S/C19H16ClN5O2/c1-11-2-4-13(5-3-11)17(27)22-18-23-19-21-16(26)10-15(25(19)24-18)12-6-8-14(20)9-7-12/h2-9,15H,10H2,1H3,(H2,21,22,23,24,26,27). The summed E-state index contributed by atoms with van der Waals surface area (Å²) in [6, 6.07) is 14.1. The van der Waals surface area contributed by atoms with Crippen LogP contribution in [0.15, 0.2) is 48.5 Å². The molecule has 1 aliphatic heterocycles. The van der Waals surface area contributed by atoms with Crippen LogP contribution in [0.2, 0.25) is 5.02 Å². The number of carbonyl (C=O) groups is 2. The van der Waals surface area contributed by atoms with Gasteiger partial charge in [0.25, 0.3) is 11.9 Å². The molecule has 0 saturated carbocycles. The van der Waals surface area contributed by atoms with Crippen molar-refractivity contribution >= 4 is 35.3 Å². The summed E-state index contributed by atoms with van der Waals surface area (Å²) in [7, 11) is 0. The van der Waals surface area contributed by atoms with Gasteiger partial charge in [-0.25, -0.2) is 4.68 Å². The molecule has 0 fully saturated rings. The zero-order chi connectivity index (χ0) is 19.0. The summed E-state index contributed by atoms with van der Waals surface area (Å²) in [5.41, 5.74) is 2.46. The van der Waals surface area contributed by atoms with E-state index in [9.17, 15) is 9.59 Å². The number of nitrogens with zero attached hydrogens (tertiary/aromatic N) is 3. The third kappa shape index (κ3) is 3.54. The molecule has 1 aromatic heterocycles. The van der Waals surface area contributed by atoms with Crippen LogP contribution in [0.3, 0.4) is 0 Å². The Hall–Kier alpha value is -3.19. The van der Waals surface area contributed by atoms with Gasteiger partial charge in [-0.05, 0) is 36.8 Å². The van der Waals surface area contributed by atoms with Gasteiger partial charge in [0.2, 0.25) is 11.9 Å². The number of benzene rings is 2. The lowest BCUT2D eigenvalue weighted by Gasteiger charge is -2.23. The van der Waals surface area contributed by atoms with Crippen LogP contribution < -0.4 is 10.6 Å². The van der Waals surface area contributed by atoms with E-state index in [0.717, 1.165) is 11.1 Å². The van der Waals surface area contributed by atoms with E-state index in [2.05, 4.69) is 20.7 Å². The maximum Gasteiger partial charge on any atom is 0.258 e. The molecule has 4 rings (SSSR count). The maximum atomic E-state index is 12.4. The fourth-order valence-electron chi connectivity index (χ4n) is 2.94. The molecule has 0 saturated heterocycles. The van der Waals surface area contributed by atoms with Crippen molar-refractivity contribution in [1.29, 1.82) is 0 Å². The number of carbonyl (C=O) groups excluding carboxylic acids is 2. The summed E-state index contributed by atoms with van der Waals surface area (Å²) < 4.78 is 1.61. The number of aryl methyl sites for hydroxylation is 1. The Bertz CT molecular complexity index is 1010. The topological polar surface area (TPSA) is 88.9 Å². The highest BCUT2D eigenvalue weighted by molar-refractivity contribution is 6.30. The number of hydrogen-bond donors (Lipinski definition) is 2. The fourth-order valence-corrected chi connectivity index (χ4v) is 3.07. The molecule has 2 N–H and O–H groups in total. The summed E-state index contributed by atoms with van der Waals surface area (Å²) in [5.74, 6) is -0.0410. The van der Waals surface area contributed by atoms with Gasteiger partial charge in [0.05, 0.1) is 12.5 Å². The number of hydrogen-bond acceptors (Lipinski definition) is 4. The molecule has 2 heterocycles. The Kier molecular flexibility index (Phi) is 4.37. The Morgan fingerprint density at radius 3 is 2.59 bits per heavy atom. The van der Waals surface area contributed by atoms with Gasteiger partial charge in [-0.3, -0.25) is 20.2 Å². The van der Waals surface area contributed by atoms with Crippen molar-refractivity contribution in [2.24, 2.45) is 0 Å². The average molecular weight is 382 g/mol. The van der Waals surface area contributed by atoms with Gasteiger partial charge >= 0.3 is 0 Å². The molecular weight excluding hydrogens is 366 g/mol. The highest BCUT2D eigenvalue weighted by Crippen LogP contribution is 2.30. The number of rotatable bonds is 3. The molecular formula is C19H16ClN5O2. The first kappa shape index (κ1) is 17.2. The molecule has 8 heteroatoms. The first-order valence-corrected chi connectivity index (χ1v) is 8.77. The molecule has 0 bridgehead atoms. The second kappa shape index (κ2) is 6.85. The molecule has 0 radical (unpaired) electrons. The lowest BCUT2D eigenvalue weighted by atomic mass is 10.0. The molecule has 0 aliphatic carbocycles. The molecule has 1 aliphatic rings. The van der Waals surface area contributed by atoms with Crippen molar-refractivity contribution in [3.05, 3.63) is 70.2 Å². The van der Waals surface area contributed by atoms with Gasteiger partial charge in [0, 0.05) is 10.6 Å². The SMILES string of the molecule is Cc1ccc(C(=O)Nc2nc3n(n2)C(c2ccc(Cl)cc2)CC(=O)N3)cc1. The third-order valence-corrected chi connectivity index (χ3v) is 4.60. The van der Waals surface area contributed by atoms with Crippen molar-refractivity contribution < 1.29 is 9.59 Å². The summed E-state index contributed by atoms with van der Waals surface area (Å²) in [4.78, 5) is 28.7. The van der Waals surface area contributed by atoms with Crippen LogP contribution in [-0.2, 0) is 4.79 Å². The summed E-state index contributed by atoms with van der Waals surface area (Å²) in [5, 5.41) is 10.4. The van der Waals surface area contributed by atoms with Crippen LogP contribution in [0, 0.1) is 6.92 Å². The zero-order valence-corrected chi connectivity index (χ0v) is 15.2. The lowest BCUT2D eigenvalue weighted by molar-refractivity contribution is -0.117. The summed E-state index contributed by atoms with van der Waals surface area (Å²) >= 11 is 5.95. The van der Waals surface area contributed by atoms with Crippen molar-refractivity contribution in [1.82, 2.24) is 14.8 Å². The molecule has 1 atom stereocenters. The van der Waals surface area contributed by atoms with Crippen LogP contribution in [0.4, 0.5) is 11.9 Å². The van der Waals surface area contributed by atoms with Gasteiger partial charge in [0.15, 0.2) is 0 Å². The molecule has 136 valence electrons. The Morgan fingerprint density at radius 1 is 1.19 bits per heavy atom. The number of fused-ring (bicyclic) bond motifs is 1. The molecule has 0 spiro atoms. The molecule has 2 aromatic carbocycles. The predicted molar refractivity (Wildman–Crippen MR) is 102 cm³/mol. The molecule has 7 nitrogen and oxygen atoms in total. The lowest BCUT2D eigenvalue weighted by Crippen LogP contribution is -2.29. The highest BCUT2D eigenvalue weighted by atomic mass is 35.5. The van der Waals surface area contributed by atoms with E-state index in [1.807, 2.05) is 31.2 Å². The highest BCUT2D eigenvalue weighted by Gasteiger charge is 2.29. The Balaban J connectivity index is 1.61. The van der Waals surface area contributed by atoms with Crippen LogP contribution in [0.1, 0.15) is 33.9 Å². The monoisotopic (exact) mass is 381 g/mol. The van der Waals surface area contributed by atoms with Gasteiger partial charge < -0.3 is 0 Å². The van der Waals surface area contributed by atoms with Crippen LogP contribution >= 0.6 is 11.6 Å². The van der Waals surface area contributed by atoms with Gasteiger partial charge in [-0.2, -0.15) is 4.98 Å². The minimum atomic E-state index is -0.316. The van der Waals surface area contributed by atoms with E-state index in [-0.39, 0.29) is 30.2 Å². The Labute approximate surface area is 160 Å². The van der Waals surface area contributed by atoms with E-state index < -0.39 is 0 Å². The molecule has 2 amide bonds. The first-order valence-electron chi connectivity index (χ1n) is 8.39. The Morgan fingerprint density at radius 2 is 1.89 bits per heavy atom. The van der Waals surface area contributed by atoms with E-state index in [0.29, 0.717) is 16.5 Å². The van der Waals surface area contributed by atoms with Crippen LogP contribution in [0.5, 0.6) is 0 Å². The number of halogens is 1. The normalized spacial score (nSPS) is 15.8. The van der Waals surface area contributed by atoms with E-state index >= 15 is 0 Å². The average Bonchev–Trinajstić information content (AvgIpc) is 3.04. The zero-order valence-electron chi connectivity index (χ0n) is 14.4. The van der Waals surface area contributed by atoms with Gasteiger partial charge in [-0.1, -0.05) is 41.4 Å². The predicted octanol–water partition coefficient (Wildman–Crippen LogP) is 3.42. The second-order valence-electron chi connectivity index (χ2n) is 6.34. The van der Waals surface area contributed by atoms with Crippen molar-refractivity contribution in [3.8, 4) is 0 Å². The third-order valence-electron chi connectivity index (χ3n) is 4.35. The molecule has 1 unspecified atom stereocenters. The smallest absolute Gasteiger partial charge is 0.258 e. The summed E-state index contributed by atoms with van der Waals surface area (Å²) in [6.45, 7) is 1.95. The quantitative estimate of drug-likeness (QED) is 0.727. The fraction of sp³-hybridized carbons (Fsp3) is 0.158. The number of aromatic nitrogens is 3. The largest absolute Gasteiger partial charge is 0.295 e. The van der Waals surface area contributed by atoms with Gasteiger partial charge in [0.1, 0.15) is 0 Å². The van der Waals surface area contributed by atoms with Crippen molar-refractivity contribution in [2.45, 2.75) is 19.4 Å².